The van der Waals surface area contributed by atoms with Gasteiger partial charge in [0, 0.05) is 31.1 Å². The van der Waals surface area contributed by atoms with Gasteiger partial charge in [0.25, 0.3) is 0 Å². The van der Waals surface area contributed by atoms with E-state index in [1.54, 1.807) is 11.3 Å². The molecule has 0 aromatic carbocycles. The molecule has 2 saturated heterocycles. The second-order valence-electron chi connectivity index (χ2n) is 7.45. The zero-order valence-electron chi connectivity index (χ0n) is 13.6. The SMILES string of the molecule is C[C@H]1CCN1c1nc(N2CCC3(CC3C(=O)O)C2)c2ccsc2n1. The van der Waals surface area contributed by atoms with Gasteiger partial charge in [-0.15, -0.1) is 11.3 Å². The summed E-state index contributed by atoms with van der Waals surface area (Å²) in [7, 11) is 0. The summed E-state index contributed by atoms with van der Waals surface area (Å²) in [6.07, 6.45) is 2.95. The molecular formula is C17H20N4O2S. The topological polar surface area (TPSA) is 69.6 Å². The Kier molecular flexibility index (Phi) is 2.90. The van der Waals surface area contributed by atoms with Crippen molar-refractivity contribution in [2.24, 2.45) is 11.3 Å². The van der Waals surface area contributed by atoms with Crippen LogP contribution in [0.5, 0.6) is 0 Å². The third kappa shape index (κ3) is 1.97. The summed E-state index contributed by atoms with van der Waals surface area (Å²) in [5, 5.41) is 12.5. The van der Waals surface area contributed by atoms with E-state index in [9.17, 15) is 9.90 Å². The summed E-state index contributed by atoms with van der Waals surface area (Å²) >= 11 is 1.65. The first kappa shape index (κ1) is 14.5. The molecule has 126 valence electrons. The molecule has 24 heavy (non-hydrogen) atoms. The largest absolute Gasteiger partial charge is 0.481 e. The molecule has 0 amide bonds. The van der Waals surface area contributed by atoms with Gasteiger partial charge in [-0.05, 0) is 37.6 Å². The van der Waals surface area contributed by atoms with Crippen LogP contribution in [0.4, 0.5) is 11.8 Å². The lowest BCUT2D eigenvalue weighted by atomic mass is 10.0. The third-order valence-electron chi connectivity index (χ3n) is 6.04. The maximum Gasteiger partial charge on any atom is 0.307 e. The fraction of sp³-hybridized carbons (Fsp3) is 0.588. The lowest BCUT2D eigenvalue weighted by Crippen LogP contribution is -2.46. The maximum atomic E-state index is 11.3. The zero-order chi connectivity index (χ0) is 16.5. The Labute approximate surface area is 144 Å². The van der Waals surface area contributed by atoms with Crippen LogP contribution in [0.15, 0.2) is 11.4 Å². The molecule has 0 radical (unpaired) electrons. The van der Waals surface area contributed by atoms with E-state index in [1.165, 1.54) is 6.42 Å². The first-order valence-electron chi connectivity index (χ1n) is 8.57. The normalized spacial score (nSPS) is 31.7. The molecule has 5 rings (SSSR count). The van der Waals surface area contributed by atoms with Gasteiger partial charge in [-0.1, -0.05) is 0 Å². The van der Waals surface area contributed by atoms with Crippen LogP contribution in [-0.4, -0.2) is 46.7 Å². The van der Waals surface area contributed by atoms with Crippen LogP contribution in [0.3, 0.4) is 0 Å². The van der Waals surface area contributed by atoms with Crippen LogP contribution < -0.4 is 9.80 Å². The number of hydrogen-bond acceptors (Lipinski definition) is 6. The van der Waals surface area contributed by atoms with Crippen molar-refractivity contribution >= 4 is 39.3 Å². The number of rotatable bonds is 3. The minimum absolute atomic E-state index is 0.0245. The number of carboxylic acid groups (broad SMARTS) is 1. The van der Waals surface area contributed by atoms with E-state index in [4.69, 9.17) is 9.97 Å². The molecular weight excluding hydrogens is 324 g/mol. The summed E-state index contributed by atoms with van der Waals surface area (Å²) in [5.41, 5.74) is -0.0245. The van der Waals surface area contributed by atoms with Crippen molar-refractivity contribution in [2.75, 3.05) is 29.4 Å². The quantitative estimate of drug-likeness (QED) is 0.923. The number of thiophene rings is 1. The monoisotopic (exact) mass is 344 g/mol. The van der Waals surface area contributed by atoms with E-state index in [1.807, 2.05) is 0 Å². The van der Waals surface area contributed by atoms with Crippen LogP contribution in [-0.2, 0) is 4.79 Å². The van der Waals surface area contributed by atoms with Gasteiger partial charge < -0.3 is 14.9 Å². The predicted molar refractivity (Wildman–Crippen MR) is 93.8 cm³/mol. The Morgan fingerprint density at radius 2 is 2.29 bits per heavy atom. The van der Waals surface area contributed by atoms with Gasteiger partial charge in [0.2, 0.25) is 5.95 Å². The summed E-state index contributed by atoms with van der Waals surface area (Å²) in [4.78, 5) is 26.5. The number of anilines is 2. The molecule has 1 saturated carbocycles. The van der Waals surface area contributed by atoms with Gasteiger partial charge in [0.1, 0.15) is 10.6 Å². The fourth-order valence-electron chi connectivity index (χ4n) is 4.24. The Bertz CT molecular complexity index is 837. The van der Waals surface area contributed by atoms with Gasteiger partial charge in [-0.25, -0.2) is 4.98 Å². The van der Waals surface area contributed by atoms with Crippen molar-refractivity contribution in [2.45, 2.75) is 32.2 Å². The van der Waals surface area contributed by atoms with Gasteiger partial charge in [0.15, 0.2) is 0 Å². The maximum absolute atomic E-state index is 11.3. The number of aliphatic carboxylic acids is 1. The fourth-order valence-corrected chi connectivity index (χ4v) is 4.99. The highest BCUT2D eigenvalue weighted by Gasteiger charge is 2.61. The molecule has 0 bridgehead atoms. The van der Waals surface area contributed by atoms with Crippen molar-refractivity contribution in [1.82, 2.24) is 9.97 Å². The highest BCUT2D eigenvalue weighted by molar-refractivity contribution is 7.16. The summed E-state index contributed by atoms with van der Waals surface area (Å²) in [6, 6.07) is 2.59. The number of carbonyl (C=O) groups is 1. The minimum atomic E-state index is -0.643. The Morgan fingerprint density at radius 1 is 1.42 bits per heavy atom. The number of carboxylic acids is 1. The highest BCUT2D eigenvalue weighted by atomic mass is 32.1. The van der Waals surface area contributed by atoms with Crippen molar-refractivity contribution in [3.8, 4) is 0 Å². The minimum Gasteiger partial charge on any atom is -0.481 e. The van der Waals surface area contributed by atoms with E-state index in [0.29, 0.717) is 6.04 Å². The molecule has 1 N–H and O–H groups in total. The molecule has 3 fully saturated rings. The van der Waals surface area contributed by atoms with Crippen LogP contribution in [0.2, 0.25) is 0 Å². The van der Waals surface area contributed by atoms with Crippen LogP contribution in [0.25, 0.3) is 10.2 Å². The molecule has 4 heterocycles. The molecule has 3 atom stereocenters. The second-order valence-corrected chi connectivity index (χ2v) is 8.34. The van der Waals surface area contributed by atoms with E-state index >= 15 is 0 Å². The number of hydrogen-bond donors (Lipinski definition) is 1. The van der Waals surface area contributed by atoms with Crippen LogP contribution in [0.1, 0.15) is 26.2 Å². The Hall–Kier alpha value is -1.89. The van der Waals surface area contributed by atoms with E-state index in [2.05, 4.69) is 28.2 Å². The van der Waals surface area contributed by atoms with Crippen molar-refractivity contribution in [3.63, 3.8) is 0 Å². The zero-order valence-corrected chi connectivity index (χ0v) is 14.4. The lowest BCUT2D eigenvalue weighted by molar-refractivity contribution is -0.139. The number of nitrogens with zero attached hydrogens (tertiary/aromatic N) is 4. The number of fused-ring (bicyclic) bond motifs is 1. The molecule has 2 aromatic rings. The van der Waals surface area contributed by atoms with E-state index < -0.39 is 5.97 Å². The smallest absolute Gasteiger partial charge is 0.307 e. The van der Waals surface area contributed by atoms with Gasteiger partial charge >= 0.3 is 5.97 Å². The predicted octanol–water partition coefficient (Wildman–Crippen LogP) is 2.59. The van der Waals surface area contributed by atoms with E-state index in [-0.39, 0.29) is 11.3 Å². The number of aromatic nitrogens is 2. The molecule has 2 aromatic heterocycles. The summed E-state index contributed by atoms with van der Waals surface area (Å²) in [6.45, 7) is 4.92. The molecule has 6 nitrogen and oxygen atoms in total. The molecule has 1 spiro atoms. The van der Waals surface area contributed by atoms with Crippen LogP contribution >= 0.6 is 11.3 Å². The summed E-state index contributed by atoms with van der Waals surface area (Å²) < 4.78 is 0. The molecule has 2 unspecified atom stereocenters. The van der Waals surface area contributed by atoms with Gasteiger partial charge in [-0.2, -0.15) is 4.98 Å². The second kappa shape index (κ2) is 4.81. The standard InChI is InChI=1S/C17H20N4O2S/c1-10-2-5-21(10)16-18-13(11-3-7-24-14(11)19-16)20-6-4-17(9-20)8-12(17)15(22)23/h3,7,10,12H,2,4-6,8-9H2,1H3,(H,22,23)/t10-,12?,17?/m0/s1. The molecule has 7 heteroatoms. The van der Waals surface area contributed by atoms with Gasteiger partial charge in [-0.3, -0.25) is 4.79 Å². The first-order chi connectivity index (χ1) is 11.6. The van der Waals surface area contributed by atoms with Crippen molar-refractivity contribution in [3.05, 3.63) is 11.4 Å². The lowest BCUT2D eigenvalue weighted by Gasteiger charge is -2.39. The summed E-state index contributed by atoms with van der Waals surface area (Å²) in [5.74, 6) is 1.00. The molecule has 2 aliphatic heterocycles. The third-order valence-corrected chi connectivity index (χ3v) is 6.85. The van der Waals surface area contributed by atoms with Crippen molar-refractivity contribution < 1.29 is 9.90 Å². The van der Waals surface area contributed by atoms with E-state index in [0.717, 1.165) is 54.5 Å². The van der Waals surface area contributed by atoms with Gasteiger partial charge in [0.05, 0.1) is 11.3 Å². The average Bonchev–Trinajstić information content (AvgIpc) is 2.87. The van der Waals surface area contributed by atoms with Crippen LogP contribution in [0, 0.1) is 11.3 Å². The highest BCUT2D eigenvalue weighted by Crippen LogP contribution is 2.59. The Balaban J connectivity index is 1.50. The Morgan fingerprint density at radius 3 is 2.96 bits per heavy atom. The molecule has 1 aliphatic carbocycles. The van der Waals surface area contributed by atoms with Crippen molar-refractivity contribution in [1.29, 1.82) is 0 Å². The molecule has 3 aliphatic rings. The average molecular weight is 344 g/mol. The first-order valence-corrected chi connectivity index (χ1v) is 9.45.